The molecule has 0 spiro atoms. The Morgan fingerprint density at radius 2 is 1.96 bits per heavy atom. The second-order valence-corrected chi connectivity index (χ2v) is 5.49. The predicted molar refractivity (Wildman–Crippen MR) is 88.1 cm³/mol. The molecule has 0 aliphatic heterocycles. The number of hydrogen-bond donors (Lipinski definition) is 2. The van der Waals surface area contributed by atoms with Crippen molar-refractivity contribution in [1.82, 2.24) is 5.32 Å². The third kappa shape index (κ3) is 3.90. The Balaban J connectivity index is 2.11. The molecule has 1 aromatic rings. The van der Waals surface area contributed by atoms with Crippen molar-refractivity contribution in [3.05, 3.63) is 53.1 Å². The molecule has 0 saturated heterocycles. The van der Waals surface area contributed by atoms with Gasteiger partial charge in [-0.2, -0.15) is 0 Å². The van der Waals surface area contributed by atoms with Crippen LogP contribution in [0.1, 0.15) is 24.5 Å². The fourth-order valence-corrected chi connectivity index (χ4v) is 2.52. The highest BCUT2D eigenvalue weighted by Crippen LogP contribution is 2.31. The molecule has 0 aromatic heterocycles. The van der Waals surface area contributed by atoms with Crippen LogP contribution in [-0.2, 0) is 25.5 Å². The number of rotatable bonds is 6. The molecule has 6 nitrogen and oxygen atoms in total. The van der Waals surface area contributed by atoms with Crippen LogP contribution in [0.5, 0.6) is 0 Å². The van der Waals surface area contributed by atoms with Crippen LogP contribution in [0.3, 0.4) is 0 Å². The van der Waals surface area contributed by atoms with Crippen molar-refractivity contribution in [3.8, 4) is 0 Å². The average Bonchev–Trinajstić information content (AvgIpc) is 2.56. The molecule has 1 aliphatic rings. The van der Waals surface area contributed by atoms with Gasteiger partial charge in [0.25, 0.3) is 5.91 Å². The highest BCUT2D eigenvalue weighted by molar-refractivity contribution is 6.25. The molecule has 1 aromatic carbocycles. The molecule has 0 bridgehead atoms. The maximum absolute atomic E-state index is 12.5. The van der Waals surface area contributed by atoms with Crippen molar-refractivity contribution in [2.75, 3.05) is 13.2 Å². The normalized spacial score (nSPS) is 13.0. The molecule has 2 N–H and O–H groups in total. The first-order chi connectivity index (χ1) is 11.4. The van der Waals surface area contributed by atoms with Crippen molar-refractivity contribution in [1.29, 1.82) is 0 Å². The van der Waals surface area contributed by atoms with E-state index in [1.165, 1.54) is 6.92 Å². The third-order valence-corrected chi connectivity index (χ3v) is 3.69. The standard InChI is InChI=1S/C18H19NO5/c1-11(2)18(23)24-10-9-19-16(20)15-13-6-4-3-5-12(13)7-8-14(15)17(21)22/h3-6H,1,7-10H2,2H3,(H,19,20)(H,21,22). The zero-order valence-corrected chi connectivity index (χ0v) is 13.4. The van der Waals surface area contributed by atoms with Crippen LogP contribution in [0.2, 0.25) is 0 Å². The SMILES string of the molecule is C=C(C)C(=O)OCCNC(=O)C1=C(C(=O)O)CCc2ccccc21. The highest BCUT2D eigenvalue weighted by atomic mass is 16.5. The summed E-state index contributed by atoms with van der Waals surface area (Å²) in [5.41, 5.74) is 2.14. The lowest BCUT2D eigenvalue weighted by atomic mass is 9.85. The number of carboxylic acids is 1. The van der Waals surface area contributed by atoms with Crippen LogP contribution in [-0.4, -0.2) is 36.1 Å². The van der Waals surface area contributed by atoms with Gasteiger partial charge in [-0.05, 0) is 30.9 Å². The van der Waals surface area contributed by atoms with Gasteiger partial charge in [0.05, 0.1) is 17.7 Å². The van der Waals surface area contributed by atoms with Crippen LogP contribution < -0.4 is 5.32 Å². The van der Waals surface area contributed by atoms with E-state index in [1.807, 2.05) is 12.1 Å². The number of benzene rings is 1. The predicted octanol–water partition coefficient (Wildman–Crippen LogP) is 1.71. The van der Waals surface area contributed by atoms with E-state index in [4.69, 9.17) is 4.74 Å². The lowest BCUT2D eigenvalue weighted by Gasteiger charge is -2.21. The van der Waals surface area contributed by atoms with Gasteiger partial charge in [-0.15, -0.1) is 0 Å². The molecule has 2 rings (SSSR count). The first-order valence-corrected chi connectivity index (χ1v) is 7.57. The zero-order valence-electron chi connectivity index (χ0n) is 13.4. The number of carbonyl (C=O) groups excluding carboxylic acids is 2. The number of aliphatic carboxylic acids is 1. The second-order valence-electron chi connectivity index (χ2n) is 5.49. The third-order valence-electron chi connectivity index (χ3n) is 3.69. The smallest absolute Gasteiger partial charge is 0.333 e. The molecule has 1 aliphatic carbocycles. The van der Waals surface area contributed by atoms with Crippen LogP contribution in [0.15, 0.2) is 42.0 Å². The average molecular weight is 329 g/mol. The molecule has 6 heteroatoms. The minimum atomic E-state index is -1.09. The van der Waals surface area contributed by atoms with Gasteiger partial charge < -0.3 is 15.2 Å². The maximum atomic E-state index is 12.5. The molecule has 24 heavy (non-hydrogen) atoms. The largest absolute Gasteiger partial charge is 0.478 e. The van der Waals surface area contributed by atoms with Crippen LogP contribution in [0, 0.1) is 0 Å². The number of hydrogen-bond acceptors (Lipinski definition) is 4. The van der Waals surface area contributed by atoms with Crippen LogP contribution in [0.25, 0.3) is 5.57 Å². The Morgan fingerprint density at radius 3 is 2.62 bits per heavy atom. The van der Waals surface area contributed by atoms with Gasteiger partial charge in [-0.25, -0.2) is 9.59 Å². The fraction of sp³-hybridized carbons (Fsp3) is 0.278. The topological polar surface area (TPSA) is 92.7 Å². The Morgan fingerprint density at radius 1 is 1.25 bits per heavy atom. The number of fused-ring (bicyclic) bond motifs is 1. The molecule has 0 unspecified atom stereocenters. The number of esters is 1. The summed E-state index contributed by atoms with van der Waals surface area (Å²) in [5.74, 6) is -2.10. The van der Waals surface area contributed by atoms with E-state index in [-0.39, 0.29) is 29.9 Å². The molecule has 126 valence electrons. The minimum absolute atomic E-state index is 0.00519. The van der Waals surface area contributed by atoms with E-state index < -0.39 is 17.8 Å². The number of aryl methyl sites for hydroxylation is 1. The highest BCUT2D eigenvalue weighted by Gasteiger charge is 2.27. The summed E-state index contributed by atoms with van der Waals surface area (Å²) in [7, 11) is 0. The maximum Gasteiger partial charge on any atom is 0.333 e. The summed E-state index contributed by atoms with van der Waals surface area (Å²) in [5, 5.41) is 12.0. The molecule has 0 heterocycles. The summed E-state index contributed by atoms with van der Waals surface area (Å²) < 4.78 is 4.90. The summed E-state index contributed by atoms with van der Waals surface area (Å²) in [6.07, 6.45) is 0.893. The van der Waals surface area contributed by atoms with Crippen molar-refractivity contribution in [2.45, 2.75) is 19.8 Å². The van der Waals surface area contributed by atoms with Gasteiger partial charge in [0.1, 0.15) is 6.61 Å². The number of nitrogens with one attached hydrogen (secondary N) is 1. The Kier molecular flexibility index (Phi) is 5.52. The minimum Gasteiger partial charge on any atom is -0.478 e. The first-order valence-electron chi connectivity index (χ1n) is 7.57. The molecular weight excluding hydrogens is 310 g/mol. The van der Waals surface area contributed by atoms with Gasteiger partial charge in [0, 0.05) is 5.57 Å². The Hall–Kier alpha value is -2.89. The van der Waals surface area contributed by atoms with Crippen LogP contribution in [0.4, 0.5) is 0 Å². The van der Waals surface area contributed by atoms with E-state index >= 15 is 0 Å². The quantitative estimate of drug-likeness (QED) is 0.471. The van der Waals surface area contributed by atoms with E-state index in [1.54, 1.807) is 12.1 Å². The fourth-order valence-electron chi connectivity index (χ4n) is 2.52. The van der Waals surface area contributed by atoms with E-state index in [0.717, 1.165) is 5.56 Å². The Labute approximate surface area is 139 Å². The first kappa shape index (κ1) is 17.5. The number of amides is 1. The summed E-state index contributed by atoms with van der Waals surface area (Å²) in [4.78, 5) is 35.2. The number of carbonyl (C=O) groups is 3. The second kappa shape index (κ2) is 7.59. The van der Waals surface area contributed by atoms with E-state index in [2.05, 4.69) is 11.9 Å². The number of carboxylic acid groups (broad SMARTS) is 1. The molecule has 0 fully saturated rings. The lowest BCUT2D eigenvalue weighted by Crippen LogP contribution is -2.31. The monoisotopic (exact) mass is 329 g/mol. The molecular formula is C18H19NO5. The van der Waals surface area contributed by atoms with Crippen molar-refractivity contribution < 1.29 is 24.2 Å². The summed E-state index contributed by atoms with van der Waals surface area (Å²) in [6, 6.07) is 7.26. The summed E-state index contributed by atoms with van der Waals surface area (Å²) >= 11 is 0. The van der Waals surface area contributed by atoms with Crippen molar-refractivity contribution in [2.24, 2.45) is 0 Å². The van der Waals surface area contributed by atoms with Crippen molar-refractivity contribution in [3.63, 3.8) is 0 Å². The lowest BCUT2D eigenvalue weighted by molar-refractivity contribution is -0.139. The number of ether oxygens (including phenoxy) is 1. The van der Waals surface area contributed by atoms with E-state index in [0.29, 0.717) is 18.4 Å². The molecule has 0 radical (unpaired) electrons. The van der Waals surface area contributed by atoms with Gasteiger partial charge >= 0.3 is 11.9 Å². The van der Waals surface area contributed by atoms with Gasteiger partial charge in [-0.3, -0.25) is 4.79 Å². The Bertz CT molecular complexity index is 733. The van der Waals surface area contributed by atoms with Crippen LogP contribution >= 0.6 is 0 Å². The van der Waals surface area contributed by atoms with E-state index in [9.17, 15) is 19.5 Å². The molecule has 1 amide bonds. The molecule has 0 saturated carbocycles. The zero-order chi connectivity index (χ0) is 17.7. The van der Waals surface area contributed by atoms with Gasteiger partial charge in [0.2, 0.25) is 0 Å². The van der Waals surface area contributed by atoms with Crippen molar-refractivity contribution >= 4 is 23.4 Å². The van der Waals surface area contributed by atoms with Gasteiger partial charge in [0.15, 0.2) is 0 Å². The summed E-state index contributed by atoms with van der Waals surface area (Å²) in [6.45, 7) is 5.08. The molecule has 0 atom stereocenters. The van der Waals surface area contributed by atoms with Gasteiger partial charge in [-0.1, -0.05) is 30.8 Å².